The van der Waals surface area contributed by atoms with Gasteiger partial charge in [0.1, 0.15) is 24.1 Å². The summed E-state index contributed by atoms with van der Waals surface area (Å²) in [6.07, 6.45) is 7.10. The number of benzene rings is 2. The highest BCUT2D eigenvalue weighted by Crippen LogP contribution is 2.42. The van der Waals surface area contributed by atoms with Crippen LogP contribution in [-0.2, 0) is 33.4 Å². The first-order chi connectivity index (χ1) is 40.8. The van der Waals surface area contributed by atoms with Crippen LogP contribution in [0.15, 0.2) is 72.8 Å². The lowest BCUT2D eigenvalue weighted by Gasteiger charge is -2.37. The zero-order valence-electron chi connectivity index (χ0n) is 48.1. The van der Waals surface area contributed by atoms with E-state index < -0.39 is 65.1 Å². The van der Waals surface area contributed by atoms with Crippen LogP contribution in [0.4, 0.5) is 20.3 Å². The summed E-state index contributed by atoms with van der Waals surface area (Å²) in [7, 11) is 0. The van der Waals surface area contributed by atoms with Gasteiger partial charge in [0.25, 0.3) is 5.91 Å². The summed E-state index contributed by atoms with van der Waals surface area (Å²) in [5.41, 5.74) is 5.02. The number of aryl methyl sites for hydroxylation is 1. The molecule has 23 nitrogen and oxygen atoms in total. The van der Waals surface area contributed by atoms with Crippen molar-refractivity contribution in [3.8, 4) is 21.7 Å². The van der Waals surface area contributed by atoms with Gasteiger partial charge in [0.15, 0.2) is 17.1 Å². The maximum absolute atomic E-state index is 15.7. The molecule has 0 radical (unpaired) electrons. The minimum absolute atomic E-state index is 0.0655. The predicted molar refractivity (Wildman–Crippen MR) is 311 cm³/mol. The number of likely N-dealkylation sites (tertiary alicyclic amines) is 1. The number of anilines is 2. The number of H-pyrrole nitrogens is 1. The number of hydrogen-bond donors (Lipinski definition) is 8. The smallest absolute Gasteiger partial charge is 0.258 e. The van der Waals surface area contributed by atoms with Crippen molar-refractivity contribution in [3.05, 3.63) is 101 Å². The van der Waals surface area contributed by atoms with Crippen molar-refractivity contribution >= 4 is 58.0 Å². The number of β-amino-alcohol motifs (C(OH)–C–C–N with tert-alkyl or cyclic N) is 1. The Kier molecular flexibility index (Phi) is 19.0. The van der Waals surface area contributed by atoms with Crippen molar-refractivity contribution in [1.29, 1.82) is 0 Å². The Morgan fingerprint density at radius 3 is 2.24 bits per heavy atom. The second-order valence-corrected chi connectivity index (χ2v) is 24.2. The summed E-state index contributed by atoms with van der Waals surface area (Å²) in [6.45, 7) is 10.4. The number of alkyl halides is 1. The largest absolute Gasteiger partial charge is 0.391 e. The molecular weight excluding hydrogens is 1120 g/mol. The van der Waals surface area contributed by atoms with E-state index in [1.807, 2.05) is 51.6 Å². The highest BCUT2D eigenvalue weighted by Gasteiger charge is 2.53. The number of halogens is 2. The third-order valence-corrected chi connectivity index (χ3v) is 16.8. The van der Waals surface area contributed by atoms with Crippen LogP contribution in [0.25, 0.3) is 27.3 Å². The van der Waals surface area contributed by atoms with Crippen LogP contribution in [0.1, 0.15) is 100.0 Å². The molecule has 6 heterocycles. The van der Waals surface area contributed by atoms with Crippen LogP contribution < -0.4 is 26.6 Å². The quantitative estimate of drug-likeness (QED) is 0.0349. The van der Waals surface area contributed by atoms with Crippen molar-refractivity contribution in [3.63, 3.8) is 0 Å². The number of aromatic amines is 1. The third kappa shape index (κ3) is 15.0. The van der Waals surface area contributed by atoms with E-state index in [0.29, 0.717) is 54.7 Å². The summed E-state index contributed by atoms with van der Waals surface area (Å²) in [4.78, 5) is 87.1. The van der Waals surface area contributed by atoms with E-state index in [2.05, 4.69) is 46.7 Å². The normalized spacial score (nSPS) is 19.1. The fourth-order valence-corrected chi connectivity index (χ4v) is 11.4. The van der Waals surface area contributed by atoms with Crippen LogP contribution >= 0.6 is 11.3 Å². The van der Waals surface area contributed by atoms with Crippen molar-refractivity contribution in [1.82, 2.24) is 65.5 Å². The van der Waals surface area contributed by atoms with E-state index >= 15 is 4.39 Å². The average Bonchev–Trinajstić information content (AvgIpc) is 2.99. The Labute approximate surface area is 494 Å². The SMILES string of the molecule is Cc1ncsc1-c1ccc([C@H](CC(=O)NCCOCCOCCNC(=O)CN2CCN(C(O)c3ccc(Nc4nc(C5CC5)cn5c(-c6cn[nH]c6)cnc45)c(F)c3)CC2)NC(=O)[C@@H]2C[C@@H](O)CN2C(=O)[C@@H](NC(=O)C2(F)CC2)C(C)(C)C)cc1. The number of piperazine rings is 1. The van der Waals surface area contributed by atoms with E-state index in [9.17, 15) is 38.6 Å². The minimum Gasteiger partial charge on any atom is -0.391 e. The molecule has 26 heteroatoms. The maximum Gasteiger partial charge on any atom is 0.258 e. The molecule has 10 rings (SSSR count). The fourth-order valence-electron chi connectivity index (χ4n) is 10.6. The predicted octanol–water partition coefficient (Wildman–Crippen LogP) is 4.43. The molecule has 2 aromatic carbocycles. The summed E-state index contributed by atoms with van der Waals surface area (Å²) in [5.74, 6) is -2.43. The summed E-state index contributed by atoms with van der Waals surface area (Å²) >= 11 is 1.49. The molecule has 0 bridgehead atoms. The number of aliphatic hydroxyl groups is 2. The van der Waals surface area contributed by atoms with E-state index in [4.69, 9.17) is 14.5 Å². The van der Waals surface area contributed by atoms with Gasteiger partial charge in [-0.15, -0.1) is 11.3 Å². The molecule has 1 unspecified atom stereocenters. The van der Waals surface area contributed by atoms with Crippen molar-refractivity contribution in [2.45, 2.75) is 108 Å². The van der Waals surface area contributed by atoms with Crippen molar-refractivity contribution in [2.75, 3.05) is 84.1 Å². The molecule has 2 aliphatic carbocycles. The molecule has 454 valence electrons. The standard InChI is InChI=1S/C59H74F2N14O9S/c1-35-50(85-34-65-35)38-9-7-36(8-10-38)44(70-54(79)46-26-41(76)31-75(46)56(81)51(58(2,3)4)71-57(82)59(61)13-14-59)27-48(77)62-15-21-83-23-24-84-22-16-63-49(78)33-72-17-19-73(20-18-72)55(80)39-11-12-43(42(60)25-39)68-52-53-64-30-47(40-28-66-67-29-40)74(53)32-45(69-52)37-5-6-37/h7-12,25,28-30,32,34,37,41,44,46,51,55,76,80H,5-6,13-24,26-27,31,33H2,1-4H3,(H,62,77)(H,63,78)(H,66,67)(H,68,69)(H,70,79)(H,71,82)/t41-,44+,46+,51-,55?/m1/s1. The molecule has 4 fully saturated rings. The third-order valence-electron chi connectivity index (χ3n) is 15.8. The van der Waals surface area contributed by atoms with Crippen molar-refractivity contribution in [2.24, 2.45) is 5.41 Å². The first-order valence-electron chi connectivity index (χ1n) is 28.9. The van der Waals surface area contributed by atoms with E-state index in [-0.39, 0.29) is 95.8 Å². The number of rotatable bonds is 26. The fraction of sp³-hybridized carbons (Fsp3) is 0.508. The van der Waals surface area contributed by atoms with E-state index in [1.165, 1.54) is 22.3 Å². The number of aliphatic hydroxyl groups excluding tert-OH is 2. The molecule has 2 saturated carbocycles. The number of hydrogen-bond acceptors (Lipinski definition) is 17. The van der Waals surface area contributed by atoms with Gasteiger partial charge in [-0.05, 0) is 66.8 Å². The van der Waals surface area contributed by atoms with E-state index in [0.717, 1.165) is 45.9 Å². The van der Waals surface area contributed by atoms with Gasteiger partial charge in [0.05, 0.1) is 97.1 Å². The second-order valence-electron chi connectivity index (χ2n) is 23.4. The van der Waals surface area contributed by atoms with Crippen LogP contribution in [0, 0.1) is 18.2 Å². The molecule has 8 N–H and O–H groups in total. The average molecular weight is 1190 g/mol. The van der Waals surface area contributed by atoms with Gasteiger partial charge in [0, 0.05) is 76.1 Å². The Hall–Kier alpha value is -7.33. The summed E-state index contributed by atoms with van der Waals surface area (Å²) in [6, 6.07) is 8.86. The first-order valence-corrected chi connectivity index (χ1v) is 29.8. The van der Waals surface area contributed by atoms with Crippen molar-refractivity contribution < 1.29 is 52.4 Å². The zero-order chi connectivity index (χ0) is 60.0. The van der Waals surface area contributed by atoms with E-state index in [1.54, 1.807) is 57.0 Å². The Balaban J connectivity index is 0.623. The van der Waals surface area contributed by atoms with Crippen LogP contribution in [0.5, 0.6) is 0 Å². The molecule has 6 aromatic rings. The minimum atomic E-state index is -2.02. The first kappa shape index (κ1) is 60.8. The second kappa shape index (κ2) is 26.5. The highest BCUT2D eigenvalue weighted by atomic mass is 32.1. The lowest BCUT2D eigenvalue weighted by molar-refractivity contribution is -0.145. The van der Waals surface area contributed by atoms with Crippen LogP contribution in [0.2, 0.25) is 0 Å². The van der Waals surface area contributed by atoms with Gasteiger partial charge in [-0.1, -0.05) is 51.1 Å². The lowest BCUT2D eigenvalue weighted by atomic mass is 9.85. The van der Waals surface area contributed by atoms with Gasteiger partial charge < -0.3 is 51.2 Å². The number of amides is 5. The number of aromatic nitrogens is 6. The Morgan fingerprint density at radius 2 is 1.60 bits per heavy atom. The molecule has 4 aromatic heterocycles. The Morgan fingerprint density at radius 1 is 0.894 bits per heavy atom. The molecule has 85 heavy (non-hydrogen) atoms. The number of imidazole rings is 1. The lowest BCUT2D eigenvalue weighted by Crippen LogP contribution is -2.59. The topological polar surface area (TPSA) is 286 Å². The Bertz CT molecular complexity index is 3320. The van der Waals surface area contributed by atoms with Gasteiger partial charge in [-0.2, -0.15) is 5.10 Å². The highest BCUT2D eigenvalue weighted by molar-refractivity contribution is 7.13. The molecule has 4 aliphatic rings. The van der Waals surface area contributed by atoms with Gasteiger partial charge in [-0.3, -0.25) is 43.3 Å². The number of thiazole rings is 1. The molecular formula is C59H74F2N14O9S. The zero-order valence-corrected chi connectivity index (χ0v) is 48.9. The number of nitrogens with zero attached hydrogens (tertiary/aromatic N) is 8. The van der Waals surface area contributed by atoms with Crippen LogP contribution in [0.3, 0.4) is 0 Å². The van der Waals surface area contributed by atoms with Gasteiger partial charge in [-0.25, -0.2) is 23.7 Å². The number of carbonyl (C=O) groups is 5. The molecule has 2 aliphatic heterocycles. The number of fused-ring (bicyclic) bond motifs is 1. The molecule has 0 spiro atoms. The summed E-state index contributed by atoms with van der Waals surface area (Å²) in [5, 5.41) is 43.3. The number of carbonyl (C=O) groups excluding carboxylic acids is 5. The molecule has 5 atom stereocenters. The van der Waals surface area contributed by atoms with Crippen LogP contribution in [-0.4, -0.2) is 187 Å². The molecule has 5 amide bonds. The maximum atomic E-state index is 15.7. The monoisotopic (exact) mass is 1190 g/mol. The number of nitrogens with one attached hydrogen (secondary N) is 6. The summed E-state index contributed by atoms with van der Waals surface area (Å²) < 4.78 is 43.8. The molecule has 2 saturated heterocycles. The van der Waals surface area contributed by atoms with Gasteiger partial charge >= 0.3 is 0 Å². The number of ether oxygens (including phenoxy) is 2. The van der Waals surface area contributed by atoms with Gasteiger partial charge in [0.2, 0.25) is 23.6 Å².